The summed E-state index contributed by atoms with van der Waals surface area (Å²) < 4.78 is 0. The number of nitrogens with zero attached hydrogens (tertiary/aromatic N) is 2. The summed E-state index contributed by atoms with van der Waals surface area (Å²) in [7, 11) is 0. The molecular formula is C16H21ClN6O. The van der Waals surface area contributed by atoms with Gasteiger partial charge in [-0.1, -0.05) is 25.4 Å². The zero-order chi connectivity index (χ0) is 17.5. The summed E-state index contributed by atoms with van der Waals surface area (Å²) in [6, 6.07) is 6.54. The van der Waals surface area contributed by atoms with Crippen LogP contribution < -0.4 is 21.9 Å². The number of halogens is 1. The molecule has 0 radical (unpaired) electrons. The van der Waals surface area contributed by atoms with Crippen molar-refractivity contribution in [3.8, 4) is 0 Å². The van der Waals surface area contributed by atoms with Crippen molar-refractivity contribution < 1.29 is 4.79 Å². The Morgan fingerprint density at radius 3 is 2.54 bits per heavy atom. The summed E-state index contributed by atoms with van der Waals surface area (Å²) >= 11 is 5.80. The molecule has 0 aliphatic carbocycles. The minimum absolute atomic E-state index is 0.320. The fraction of sp³-hybridized carbons (Fsp3) is 0.312. The third-order valence-electron chi connectivity index (χ3n) is 3.30. The Labute approximate surface area is 146 Å². The van der Waals surface area contributed by atoms with Gasteiger partial charge in [0.05, 0.1) is 0 Å². The van der Waals surface area contributed by atoms with Gasteiger partial charge in [0.15, 0.2) is 11.6 Å². The van der Waals surface area contributed by atoms with Gasteiger partial charge in [0, 0.05) is 17.1 Å². The van der Waals surface area contributed by atoms with Gasteiger partial charge in [0.25, 0.3) is 5.91 Å². The number of rotatable bonds is 7. The van der Waals surface area contributed by atoms with Crippen LogP contribution in [0.25, 0.3) is 0 Å². The zero-order valence-corrected chi connectivity index (χ0v) is 14.4. The second-order valence-corrected chi connectivity index (χ2v) is 6.12. The number of anilines is 3. The first-order chi connectivity index (χ1) is 11.5. The van der Waals surface area contributed by atoms with Crippen molar-refractivity contribution in [2.45, 2.75) is 20.3 Å². The SMILES string of the molecule is CC(C)CCNc1ncnc(NNC(=O)c2ccc(Cl)cc2)c1N. The fourth-order valence-corrected chi connectivity index (χ4v) is 2.03. The third-order valence-corrected chi connectivity index (χ3v) is 3.55. The van der Waals surface area contributed by atoms with E-state index in [4.69, 9.17) is 17.3 Å². The van der Waals surface area contributed by atoms with Crippen LogP contribution in [-0.2, 0) is 0 Å². The predicted molar refractivity (Wildman–Crippen MR) is 96.9 cm³/mol. The molecule has 1 aromatic carbocycles. The van der Waals surface area contributed by atoms with Crippen LogP contribution >= 0.6 is 11.6 Å². The van der Waals surface area contributed by atoms with Crippen molar-refractivity contribution in [3.05, 3.63) is 41.2 Å². The van der Waals surface area contributed by atoms with E-state index in [2.05, 4.69) is 40.0 Å². The zero-order valence-electron chi connectivity index (χ0n) is 13.6. The van der Waals surface area contributed by atoms with Gasteiger partial charge in [0.2, 0.25) is 0 Å². The number of hydrogen-bond acceptors (Lipinski definition) is 6. The highest BCUT2D eigenvalue weighted by Crippen LogP contribution is 2.21. The number of nitrogens with one attached hydrogen (secondary N) is 3. The van der Waals surface area contributed by atoms with E-state index >= 15 is 0 Å². The van der Waals surface area contributed by atoms with Crippen LogP contribution in [0.15, 0.2) is 30.6 Å². The Bertz CT molecular complexity index is 689. The number of carbonyl (C=O) groups excluding carboxylic acids is 1. The molecular weight excluding hydrogens is 328 g/mol. The molecule has 0 bridgehead atoms. The lowest BCUT2D eigenvalue weighted by atomic mass is 10.1. The van der Waals surface area contributed by atoms with E-state index in [0.29, 0.717) is 33.8 Å². The maximum atomic E-state index is 12.1. The van der Waals surface area contributed by atoms with Gasteiger partial charge in [-0.2, -0.15) is 0 Å². The first kappa shape index (κ1) is 17.8. The van der Waals surface area contributed by atoms with Crippen LogP contribution in [0.1, 0.15) is 30.6 Å². The standard InChI is InChI=1S/C16H21ClN6O/c1-10(2)7-8-19-14-13(18)15(21-9-20-14)22-23-16(24)11-3-5-12(17)6-4-11/h3-6,9-10H,7-8,18H2,1-2H3,(H,23,24)(H2,19,20,21,22). The number of nitrogen functional groups attached to an aromatic ring is 1. The molecule has 0 saturated heterocycles. The lowest BCUT2D eigenvalue weighted by molar-refractivity contribution is 0.0962. The van der Waals surface area contributed by atoms with Crippen LogP contribution in [0.5, 0.6) is 0 Å². The predicted octanol–water partition coefficient (Wildman–Crippen LogP) is 2.93. The van der Waals surface area contributed by atoms with Gasteiger partial charge in [-0.3, -0.25) is 15.6 Å². The van der Waals surface area contributed by atoms with Crippen molar-refractivity contribution >= 4 is 34.8 Å². The largest absolute Gasteiger partial charge is 0.393 e. The highest BCUT2D eigenvalue weighted by atomic mass is 35.5. The molecule has 0 atom stereocenters. The van der Waals surface area contributed by atoms with E-state index in [0.717, 1.165) is 13.0 Å². The summed E-state index contributed by atoms with van der Waals surface area (Å²) in [4.78, 5) is 20.2. The van der Waals surface area contributed by atoms with Gasteiger partial charge in [-0.25, -0.2) is 9.97 Å². The second-order valence-electron chi connectivity index (χ2n) is 5.68. The average molecular weight is 349 g/mol. The highest BCUT2D eigenvalue weighted by molar-refractivity contribution is 6.30. The van der Waals surface area contributed by atoms with Crippen molar-refractivity contribution in [3.63, 3.8) is 0 Å². The van der Waals surface area contributed by atoms with E-state index in [1.54, 1.807) is 24.3 Å². The van der Waals surface area contributed by atoms with Gasteiger partial charge in [-0.15, -0.1) is 0 Å². The molecule has 0 spiro atoms. The molecule has 1 heterocycles. The maximum absolute atomic E-state index is 12.1. The Morgan fingerprint density at radius 1 is 1.21 bits per heavy atom. The smallest absolute Gasteiger partial charge is 0.269 e. The molecule has 0 aliphatic heterocycles. The number of hydrazine groups is 1. The summed E-state index contributed by atoms with van der Waals surface area (Å²) in [6.45, 7) is 5.05. The number of hydrogen-bond donors (Lipinski definition) is 4. The monoisotopic (exact) mass is 348 g/mol. The molecule has 128 valence electrons. The van der Waals surface area contributed by atoms with Crippen molar-refractivity contribution in [1.82, 2.24) is 15.4 Å². The minimum Gasteiger partial charge on any atom is -0.393 e. The summed E-state index contributed by atoms with van der Waals surface area (Å²) in [5.41, 5.74) is 12.1. The van der Waals surface area contributed by atoms with E-state index in [1.807, 2.05) is 0 Å². The topological polar surface area (TPSA) is 105 Å². The molecule has 8 heteroatoms. The Morgan fingerprint density at radius 2 is 1.88 bits per heavy atom. The lowest BCUT2D eigenvalue weighted by Gasteiger charge is -2.13. The fourth-order valence-electron chi connectivity index (χ4n) is 1.90. The maximum Gasteiger partial charge on any atom is 0.269 e. The number of carbonyl (C=O) groups is 1. The van der Waals surface area contributed by atoms with Crippen molar-refractivity contribution in [2.75, 3.05) is 23.0 Å². The Balaban J connectivity index is 1.97. The first-order valence-electron chi connectivity index (χ1n) is 7.63. The van der Waals surface area contributed by atoms with E-state index in [1.165, 1.54) is 6.33 Å². The molecule has 0 unspecified atom stereocenters. The Hall–Kier alpha value is -2.54. The molecule has 1 amide bonds. The second kappa shape index (κ2) is 8.35. The molecule has 2 rings (SSSR count). The van der Waals surface area contributed by atoms with Gasteiger partial charge < -0.3 is 11.1 Å². The van der Waals surface area contributed by atoms with Crippen LogP contribution in [0.3, 0.4) is 0 Å². The number of benzene rings is 1. The number of aromatic nitrogens is 2. The van der Waals surface area contributed by atoms with Crippen LogP contribution in [0.4, 0.5) is 17.3 Å². The molecule has 0 aliphatic rings. The lowest BCUT2D eigenvalue weighted by Crippen LogP contribution is -2.30. The van der Waals surface area contributed by atoms with E-state index < -0.39 is 0 Å². The summed E-state index contributed by atoms with van der Waals surface area (Å²) in [5, 5.41) is 3.73. The Kier molecular flexibility index (Phi) is 6.20. The van der Waals surface area contributed by atoms with Gasteiger partial charge in [-0.05, 0) is 36.6 Å². The molecule has 7 nitrogen and oxygen atoms in total. The molecule has 0 fully saturated rings. The minimum atomic E-state index is -0.320. The quantitative estimate of drug-likeness (QED) is 0.573. The average Bonchev–Trinajstić information content (AvgIpc) is 2.55. The molecule has 0 saturated carbocycles. The van der Waals surface area contributed by atoms with E-state index in [-0.39, 0.29) is 5.91 Å². The van der Waals surface area contributed by atoms with Crippen molar-refractivity contribution in [1.29, 1.82) is 0 Å². The number of amides is 1. The molecule has 24 heavy (non-hydrogen) atoms. The normalized spacial score (nSPS) is 10.5. The van der Waals surface area contributed by atoms with Gasteiger partial charge >= 0.3 is 0 Å². The van der Waals surface area contributed by atoms with Crippen LogP contribution in [0, 0.1) is 5.92 Å². The highest BCUT2D eigenvalue weighted by Gasteiger charge is 2.10. The van der Waals surface area contributed by atoms with Gasteiger partial charge in [0.1, 0.15) is 12.0 Å². The first-order valence-corrected chi connectivity index (χ1v) is 8.01. The summed E-state index contributed by atoms with van der Waals surface area (Å²) in [6.07, 6.45) is 2.38. The molecule has 1 aromatic heterocycles. The van der Waals surface area contributed by atoms with Crippen molar-refractivity contribution in [2.24, 2.45) is 5.92 Å². The van der Waals surface area contributed by atoms with E-state index in [9.17, 15) is 4.79 Å². The van der Waals surface area contributed by atoms with Crippen LogP contribution in [0.2, 0.25) is 5.02 Å². The third kappa shape index (κ3) is 4.99. The molecule has 2 aromatic rings. The number of nitrogens with two attached hydrogens (primary N) is 1. The van der Waals surface area contributed by atoms with Crippen LogP contribution in [-0.4, -0.2) is 22.4 Å². The summed E-state index contributed by atoms with van der Waals surface area (Å²) in [5.74, 6) is 1.13. The molecule has 5 N–H and O–H groups in total.